The van der Waals surface area contributed by atoms with Crippen molar-refractivity contribution >= 4 is 18.3 Å². The number of hydrogen-bond donors (Lipinski definition) is 1. The molecule has 1 aromatic carbocycles. The molecule has 0 spiro atoms. The number of rotatable bonds is 5. The number of benzene rings is 1. The lowest BCUT2D eigenvalue weighted by Crippen LogP contribution is -2.41. The van der Waals surface area contributed by atoms with Gasteiger partial charge in [-0.15, -0.1) is 0 Å². The fourth-order valence-electron chi connectivity index (χ4n) is 2.99. The molecule has 2 heterocycles. The summed E-state index contributed by atoms with van der Waals surface area (Å²) in [5.74, 6) is -0.308. The molecule has 1 N–H and O–H groups in total. The number of morpholine rings is 1. The zero-order valence-corrected chi connectivity index (χ0v) is 15.6. The molecule has 7 heteroatoms. The Kier molecular flexibility index (Phi) is 5.39. The molecule has 25 heavy (non-hydrogen) atoms. The highest BCUT2D eigenvalue weighted by Crippen LogP contribution is 2.36. The van der Waals surface area contributed by atoms with Crippen LogP contribution in [0.1, 0.15) is 27.7 Å². The Morgan fingerprint density at radius 2 is 1.76 bits per heavy atom. The van der Waals surface area contributed by atoms with Gasteiger partial charge in [-0.2, -0.15) is 0 Å². The van der Waals surface area contributed by atoms with Crippen LogP contribution in [0, 0.1) is 5.82 Å². The molecule has 5 nitrogen and oxygen atoms in total. The lowest BCUT2D eigenvalue weighted by Gasteiger charge is -2.32. The van der Waals surface area contributed by atoms with E-state index in [4.69, 9.17) is 14.0 Å². The summed E-state index contributed by atoms with van der Waals surface area (Å²) in [5.41, 5.74) is 0.350. The van der Waals surface area contributed by atoms with Crippen LogP contribution in [0.3, 0.4) is 0 Å². The second-order valence-electron chi connectivity index (χ2n) is 7.71. The zero-order chi connectivity index (χ0) is 18.1. The molecule has 138 valence electrons. The predicted octanol–water partition coefficient (Wildman–Crippen LogP) is 1.87. The third-order valence-corrected chi connectivity index (χ3v) is 5.36. The Labute approximate surface area is 150 Å². The van der Waals surface area contributed by atoms with E-state index in [1.54, 1.807) is 12.1 Å². The van der Waals surface area contributed by atoms with Gasteiger partial charge in [-0.05, 0) is 45.9 Å². The van der Waals surface area contributed by atoms with Crippen molar-refractivity contribution in [3.8, 4) is 0 Å². The van der Waals surface area contributed by atoms with Crippen molar-refractivity contribution in [1.82, 2.24) is 4.90 Å². The van der Waals surface area contributed by atoms with E-state index in [1.807, 2.05) is 27.7 Å². The smallest absolute Gasteiger partial charge is 0.399 e. The minimum atomic E-state index is -0.689. The van der Waals surface area contributed by atoms with Gasteiger partial charge in [-0.25, -0.2) is 4.39 Å². The van der Waals surface area contributed by atoms with Crippen LogP contribution in [0.2, 0.25) is 0 Å². The first kappa shape index (κ1) is 18.6. The van der Waals surface area contributed by atoms with Gasteiger partial charge in [0.1, 0.15) is 5.82 Å². The molecule has 2 aliphatic heterocycles. The number of anilines is 1. The summed E-state index contributed by atoms with van der Waals surface area (Å²) in [7, 11) is -0.689. The Bertz CT molecular complexity index is 590. The van der Waals surface area contributed by atoms with E-state index >= 15 is 0 Å². The molecule has 0 aromatic heterocycles. The summed E-state index contributed by atoms with van der Waals surface area (Å²) >= 11 is 0. The molecular formula is C18H28BFN2O3. The predicted molar refractivity (Wildman–Crippen MR) is 97.9 cm³/mol. The minimum absolute atomic E-state index is 0.308. The Morgan fingerprint density at radius 3 is 2.40 bits per heavy atom. The van der Waals surface area contributed by atoms with Gasteiger partial charge >= 0.3 is 7.12 Å². The van der Waals surface area contributed by atoms with Crippen molar-refractivity contribution in [3.63, 3.8) is 0 Å². The summed E-state index contributed by atoms with van der Waals surface area (Å²) in [6.07, 6.45) is 0. The number of hydrogen-bond acceptors (Lipinski definition) is 5. The van der Waals surface area contributed by atoms with Gasteiger partial charge in [0.25, 0.3) is 0 Å². The van der Waals surface area contributed by atoms with Gasteiger partial charge in [-0.3, -0.25) is 4.90 Å². The summed E-state index contributed by atoms with van der Waals surface area (Å²) in [4.78, 5) is 2.36. The first-order chi connectivity index (χ1) is 11.8. The summed E-state index contributed by atoms with van der Waals surface area (Å²) in [6.45, 7) is 13.1. The van der Waals surface area contributed by atoms with E-state index in [0.717, 1.165) is 45.1 Å². The second-order valence-corrected chi connectivity index (χ2v) is 7.71. The molecule has 0 unspecified atom stereocenters. The molecule has 1 aromatic rings. The van der Waals surface area contributed by atoms with E-state index in [9.17, 15) is 4.39 Å². The minimum Gasteiger partial charge on any atom is -0.399 e. The van der Waals surface area contributed by atoms with Crippen LogP contribution >= 0.6 is 0 Å². The second kappa shape index (κ2) is 7.23. The zero-order valence-electron chi connectivity index (χ0n) is 15.6. The number of halogens is 1. The molecule has 0 saturated carbocycles. The largest absolute Gasteiger partial charge is 0.497 e. The molecule has 3 rings (SSSR count). The van der Waals surface area contributed by atoms with Gasteiger partial charge < -0.3 is 19.4 Å². The van der Waals surface area contributed by atoms with Gasteiger partial charge in [0, 0.05) is 37.3 Å². The average molecular weight is 350 g/mol. The monoisotopic (exact) mass is 350 g/mol. The first-order valence-electron chi connectivity index (χ1n) is 8.97. The molecule has 0 radical (unpaired) electrons. The maximum atomic E-state index is 14.3. The van der Waals surface area contributed by atoms with E-state index in [1.165, 1.54) is 6.07 Å². The van der Waals surface area contributed by atoms with Gasteiger partial charge in [0.05, 0.1) is 24.4 Å². The van der Waals surface area contributed by atoms with Gasteiger partial charge in [0.15, 0.2) is 0 Å². The first-order valence-corrected chi connectivity index (χ1v) is 8.97. The van der Waals surface area contributed by atoms with Crippen LogP contribution in [-0.4, -0.2) is 62.6 Å². The van der Waals surface area contributed by atoms with Crippen molar-refractivity contribution in [3.05, 3.63) is 24.0 Å². The van der Waals surface area contributed by atoms with Crippen molar-refractivity contribution in [2.45, 2.75) is 38.9 Å². The van der Waals surface area contributed by atoms with E-state index < -0.39 is 18.3 Å². The van der Waals surface area contributed by atoms with E-state index in [0.29, 0.717) is 5.46 Å². The summed E-state index contributed by atoms with van der Waals surface area (Å²) < 4.78 is 31.6. The van der Waals surface area contributed by atoms with Gasteiger partial charge in [0.2, 0.25) is 0 Å². The maximum Gasteiger partial charge on any atom is 0.497 e. The summed E-state index contributed by atoms with van der Waals surface area (Å²) in [5, 5.41) is 3.36. The van der Waals surface area contributed by atoms with Gasteiger partial charge in [-0.1, -0.05) is 0 Å². The molecule has 0 amide bonds. The van der Waals surface area contributed by atoms with Crippen molar-refractivity contribution in [2.75, 3.05) is 44.7 Å². The molecule has 2 saturated heterocycles. The van der Waals surface area contributed by atoms with Crippen LogP contribution in [0.4, 0.5) is 10.1 Å². The number of ether oxygens (including phenoxy) is 1. The lowest BCUT2D eigenvalue weighted by atomic mass is 9.78. The van der Waals surface area contributed by atoms with Crippen molar-refractivity contribution in [2.24, 2.45) is 0 Å². The third-order valence-electron chi connectivity index (χ3n) is 5.36. The summed E-state index contributed by atoms with van der Waals surface area (Å²) in [6, 6.07) is 5.01. The van der Waals surface area contributed by atoms with Crippen LogP contribution in [0.5, 0.6) is 0 Å². The topological polar surface area (TPSA) is 43.0 Å². The van der Waals surface area contributed by atoms with Crippen LogP contribution in [0.25, 0.3) is 0 Å². The fourth-order valence-corrected chi connectivity index (χ4v) is 2.99. The fraction of sp³-hybridized carbons (Fsp3) is 0.667. The lowest BCUT2D eigenvalue weighted by molar-refractivity contribution is 0.00578. The highest BCUT2D eigenvalue weighted by molar-refractivity contribution is 6.62. The van der Waals surface area contributed by atoms with Crippen LogP contribution in [0.15, 0.2) is 18.2 Å². The van der Waals surface area contributed by atoms with Crippen LogP contribution < -0.4 is 10.8 Å². The molecule has 0 atom stereocenters. The SMILES string of the molecule is CC1(C)OB(c2cc(NCCN3CCOCC3)ccc2F)OC1(C)C. The average Bonchev–Trinajstić information content (AvgIpc) is 2.78. The van der Waals surface area contributed by atoms with Crippen molar-refractivity contribution in [1.29, 1.82) is 0 Å². The molecular weight excluding hydrogens is 322 g/mol. The number of nitrogens with zero attached hydrogens (tertiary/aromatic N) is 1. The van der Waals surface area contributed by atoms with E-state index in [2.05, 4.69) is 10.2 Å². The van der Waals surface area contributed by atoms with Crippen molar-refractivity contribution < 1.29 is 18.4 Å². The van der Waals surface area contributed by atoms with E-state index in [-0.39, 0.29) is 5.82 Å². The highest BCUT2D eigenvalue weighted by Gasteiger charge is 2.52. The van der Waals surface area contributed by atoms with Crippen LogP contribution in [-0.2, 0) is 14.0 Å². The standard InChI is InChI=1S/C18H28BFN2O3/c1-17(2)18(3,4)25-19(24-17)15-13-14(5-6-16(15)20)21-7-8-22-9-11-23-12-10-22/h5-6,13,21H,7-12H2,1-4H3. The molecule has 2 aliphatic rings. The molecule has 0 aliphatic carbocycles. The Hall–Kier alpha value is -1.15. The quantitative estimate of drug-likeness (QED) is 0.822. The molecule has 2 fully saturated rings. The highest BCUT2D eigenvalue weighted by atomic mass is 19.1. The Morgan fingerprint density at radius 1 is 1.12 bits per heavy atom. The third kappa shape index (κ3) is 4.16. The normalized spacial score (nSPS) is 23.0. The number of nitrogens with one attached hydrogen (secondary N) is 1. The molecule has 0 bridgehead atoms. The maximum absolute atomic E-state index is 14.3. The Balaban J connectivity index is 1.63.